The molecule has 0 radical (unpaired) electrons. The molecule has 0 spiro atoms. The first kappa shape index (κ1) is 20.7. The second-order valence-electron chi connectivity index (χ2n) is 5.66. The van der Waals surface area contributed by atoms with Crippen molar-refractivity contribution in [3.63, 3.8) is 0 Å². The van der Waals surface area contributed by atoms with Gasteiger partial charge in [-0.3, -0.25) is 4.79 Å². The van der Waals surface area contributed by atoms with Crippen LogP contribution < -0.4 is 10.1 Å². The van der Waals surface area contributed by atoms with E-state index < -0.39 is 6.04 Å². The van der Waals surface area contributed by atoms with Gasteiger partial charge in [-0.05, 0) is 41.8 Å². The summed E-state index contributed by atoms with van der Waals surface area (Å²) in [5.74, 6) is 3.70. The molecule has 0 saturated heterocycles. The fourth-order valence-electron chi connectivity index (χ4n) is 2.44. The van der Waals surface area contributed by atoms with Gasteiger partial charge in [0.1, 0.15) is 11.8 Å². The predicted octanol–water partition coefficient (Wildman–Crippen LogP) is 4.39. The van der Waals surface area contributed by atoms with Crippen LogP contribution in [0, 0.1) is 23.7 Å². The number of aryl methyl sites for hydroxylation is 1. The zero-order chi connectivity index (χ0) is 19.6. The molecule has 0 aliphatic heterocycles. The van der Waals surface area contributed by atoms with Crippen molar-refractivity contribution in [2.45, 2.75) is 23.8 Å². The number of carbonyl (C=O) groups is 1. The molecule has 2 aromatic carbocycles. The maximum absolute atomic E-state index is 12.2. The highest BCUT2D eigenvalue weighted by molar-refractivity contribution is 7.99. The van der Waals surface area contributed by atoms with E-state index >= 15 is 0 Å². The number of rotatable bonds is 8. The molecule has 0 saturated carbocycles. The Morgan fingerprint density at radius 1 is 1.33 bits per heavy atom. The number of benzene rings is 2. The van der Waals surface area contributed by atoms with E-state index in [0.29, 0.717) is 22.8 Å². The largest absolute Gasteiger partial charge is 0.496 e. The van der Waals surface area contributed by atoms with Gasteiger partial charge in [0.2, 0.25) is 5.91 Å². The van der Waals surface area contributed by atoms with E-state index in [1.54, 1.807) is 31.4 Å². The molecule has 1 amide bonds. The van der Waals surface area contributed by atoms with E-state index in [-0.39, 0.29) is 12.3 Å². The molecule has 0 aliphatic carbocycles. The summed E-state index contributed by atoms with van der Waals surface area (Å²) in [7, 11) is 1.61. The third-order valence-corrected chi connectivity index (χ3v) is 5.03. The Labute approximate surface area is 168 Å². The molecule has 1 atom stereocenters. The highest BCUT2D eigenvalue weighted by atomic mass is 35.5. The summed E-state index contributed by atoms with van der Waals surface area (Å²) >= 11 is 7.38. The number of nitrogens with zero attached hydrogens (tertiary/aromatic N) is 1. The van der Waals surface area contributed by atoms with Crippen molar-refractivity contribution in [3.8, 4) is 24.2 Å². The molecule has 0 heterocycles. The molecular weight excluding hydrogens is 380 g/mol. The van der Waals surface area contributed by atoms with E-state index in [9.17, 15) is 10.1 Å². The minimum Gasteiger partial charge on any atom is -0.496 e. The Morgan fingerprint density at radius 2 is 2.07 bits per heavy atom. The topological polar surface area (TPSA) is 62.1 Å². The number of carbonyl (C=O) groups excluding carboxylic acids is 1. The molecule has 0 fully saturated rings. The summed E-state index contributed by atoms with van der Waals surface area (Å²) in [6.07, 6.45) is 6.11. The second kappa shape index (κ2) is 10.5. The molecule has 0 aliphatic rings. The second-order valence-corrected chi connectivity index (χ2v) is 7.11. The normalized spacial score (nSPS) is 11.1. The third kappa shape index (κ3) is 6.25. The van der Waals surface area contributed by atoms with E-state index in [1.807, 2.05) is 18.2 Å². The van der Waals surface area contributed by atoms with Crippen LogP contribution >= 0.6 is 23.4 Å². The average molecular weight is 399 g/mol. The van der Waals surface area contributed by atoms with E-state index in [1.165, 1.54) is 11.8 Å². The van der Waals surface area contributed by atoms with Gasteiger partial charge in [-0.1, -0.05) is 35.7 Å². The number of halogens is 1. The van der Waals surface area contributed by atoms with Crippen molar-refractivity contribution in [3.05, 3.63) is 58.6 Å². The van der Waals surface area contributed by atoms with Crippen LogP contribution in [0.3, 0.4) is 0 Å². The number of hydrogen-bond acceptors (Lipinski definition) is 4. The van der Waals surface area contributed by atoms with Crippen LogP contribution in [-0.4, -0.2) is 18.8 Å². The predicted molar refractivity (Wildman–Crippen MR) is 109 cm³/mol. The van der Waals surface area contributed by atoms with Gasteiger partial charge in [0.15, 0.2) is 0 Å². The Bertz CT molecular complexity index is 869. The van der Waals surface area contributed by atoms with Crippen molar-refractivity contribution in [2.75, 3.05) is 12.9 Å². The van der Waals surface area contributed by atoms with Crippen LogP contribution in [0.2, 0.25) is 5.02 Å². The smallest absolute Gasteiger partial charge is 0.221 e. The SMILES string of the molecule is C#CCSc1ccc(CCC(=O)NC(C#N)c2ccc(Cl)cc2)cc1OC. The standard InChI is InChI=1S/C21H19ClN2O2S/c1-3-12-27-20-10-4-15(13-19(20)26-2)5-11-21(25)24-18(14-23)16-6-8-17(22)9-7-16/h1,4,6-10,13,18H,5,11-12H2,2H3,(H,24,25). The first-order valence-corrected chi connectivity index (χ1v) is 9.61. The zero-order valence-corrected chi connectivity index (χ0v) is 16.4. The molecule has 1 N–H and O–H groups in total. The van der Waals surface area contributed by atoms with Crippen LogP contribution in [0.4, 0.5) is 0 Å². The lowest BCUT2D eigenvalue weighted by Gasteiger charge is -2.13. The van der Waals surface area contributed by atoms with E-state index in [2.05, 4.69) is 17.3 Å². The van der Waals surface area contributed by atoms with Crippen LogP contribution in [0.15, 0.2) is 47.4 Å². The van der Waals surface area contributed by atoms with Crippen LogP contribution in [0.1, 0.15) is 23.6 Å². The lowest BCUT2D eigenvalue weighted by molar-refractivity contribution is -0.121. The van der Waals surface area contributed by atoms with Gasteiger partial charge in [-0.25, -0.2) is 0 Å². The summed E-state index contributed by atoms with van der Waals surface area (Å²) in [4.78, 5) is 13.2. The molecule has 27 heavy (non-hydrogen) atoms. The number of thioether (sulfide) groups is 1. The Hall–Kier alpha value is -2.60. The fourth-order valence-corrected chi connectivity index (χ4v) is 3.26. The molecule has 0 bridgehead atoms. The number of terminal acetylenes is 1. The summed E-state index contributed by atoms with van der Waals surface area (Å²) in [5.41, 5.74) is 1.68. The molecule has 4 nitrogen and oxygen atoms in total. The van der Waals surface area contributed by atoms with Gasteiger partial charge < -0.3 is 10.1 Å². The monoisotopic (exact) mass is 398 g/mol. The molecule has 2 rings (SSSR count). The van der Waals surface area contributed by atoms with Gasteiger partial charge in [0.25, 0.3) is 0 Å². The summed E-state index contributed by atoms with van der Waals surface area (Å²) in [5, 5.41) is 12.6. The van der Waals surface area contributed by atoms with Gasteiger partial charge >= 0.3 is 0 Å². The summed E-state index contributed by atoms with van der Waals surface area (Å²) in [6.45, 7) is 0. The highest BCUT2D eigenvalue weighted by Crippen LogP contribution is 2.30. The highest BCUT2D eigenvalue weighted by Gasteiger charge is 2.14. The number of hydrogen-bond donors (Lipinski definition) is 1. The quantitative estimate of drug-likeness (QED) is 0.529. The Kier molecular flexibility index (Phi) is 8.07. The molecule has 0 aromatic heterocycles. The van der Waals surface area contributed by atoms with Gasteiger partial charge in [-0.2, -0.15) is 5.26 Å². The minimum absolute atomic E-state index is 0.193. The minimum atomic E-state index is -0.702. The van der Waals surface area contributed by atoms with Crippen LogP contribution in [-0.2, 0) is 11.2 Å². The number of amides is 1. The fraction of sp³-hybridized carbons (Fsp3) is 0.238. The third-order valence-electron chi connectivity index (χ3n) is 3.82. The van der Waals surface area contributed by atoms with Crippen molar-refractivity contribution >= 4 is 29.3 Å². The molecule has 2 aromatic rings. The first-order chi connectivity index (χ1) is 13.1. The number of ether oxygens (including phenoxy) is 1. The summed E-state index contributed by atoms with van der Waals surface area (Å²) < 4.78 is 5.40. The summed E-state index contributed by atoms with van der Waals surface area (Å²) in [6, 6.07) is 14.1. The number of methoxy groups -OCH3 is 1. The zero-order valence-electron chi connectivity index (χ0n) is 14.9. The van der Waals surface area contributed by atoms with Gasteiger partial charge in [0, 0.05) is 11.4 Å². The Balaban J connectivity index is 1.95. The number of nitriles is 1. The maximum atomic E-state index is 12.2. The maximum Gasteiger partial charge on any atom is 0.221 e. The van der Waals surface area contributed by atoms with Gasteiger partial charge in [-0.15, -0.1) is 18.2 Å². The molecule has 6 heteroatoms. The van der Waals surface area contributed by atoms with Crippen molar-refractivity contribution in [2.24, 2.45) is 0 Å². The van der Waals surface area contributed by atoms with Gasteiger partial charge in [0.05, 0.1) is 23.8 Å². The van der Waals surface area contributed by atoms with Crippen molar-refractivity contribution in [1.82, 2.24) is 5.32 Å². The molecule has 1 unspecified atom stereocenters. The lowest BCUT2D eigenvalue weighted by atomic mass is 10.1. The first-order valence-electron chi connectivity index (χ1n) is 8.25. The lowest BCUT2D eigenvalue weighted by Crippen LogP contribution is -2.27. The van der Waals surface area contributed by atoms with E-state index in [4.69, 9.17) is 22.8 Å². The van der Waals surface area contributed by atoms with E-state index in [0.717, 1.165) is 16.2 Å². The molecule has 138 valence electrons. The van der Waals surface area contributed by atoms with Crippen molar-refractivity contribution < 1.29 is 9.53 Å². The van der Waals surface area contributed by atoms with Crippen molar-refractivity contribution in [1.29, 1.82) is 5.26 Å². The van der Waals surface area contributed by atoms with Crippen LogP contribution in [0.5, 0.6) is 5.75 Å². The van der Waals surface area contributed by atoms with Crippen LogP contribution in [0.25, 0.3) is 0 Å². The molecular formula is C21H19ClN2O2S. The average Bonchev–Trinajstić information content (AvgIpc) is 2.69. The number of nitrogens with one attached hydrogen (secondary N) is 1. The Morgan fingerprint density at radius 3 is 2.70 bits per heavy atom.